The molecule has 0 unspecified atom stereocenters. The van der Waals surface area contributed by atoms with Gasteiger partial charge in [0.2, 0.25) is 5.91 Å². The lowest BCUT2D eigenvalue weighted by molar-refractivity contribution is -0.116. The number of hydrogen-bond acceptors (Lipinski definition) is 5. The minimum Gasteiger partial charge on any atom is -0.497 e. The SMILES string of the molecule is COc1cccc(Cn2cc(NC(=O)Cn3nccc3C(=O)O)cn2)c1. The molecule has 0 spiro atoms. The highest BCUT2D eigenvalue weighted by Gasteiger charge is 2.13. The van der Waals surface area contributed by atoms with E-state index in [2.05, 4.69) is 15.5 Å². The molecule has 0 fully saturated rings. The molecule has 2 heterocycles. The Hall–Kier alpha value is -3.62. The molecule has 1 aromatic carbocycles. The quantitative estimate of drug-likeness (QED) is 0.664. The van der Waals surface area contributed by atoms with Crippen LogP contribution in [0.1, 0.15) is 16.1 Å². The van der Waals surface area contributed by atoms with Gasteiger partial charge < -0.3 is 15.2 Å². The number of carboxylic acid groups (broad SMARTS) is 1. The molecule has 0 atom stereocenters. The van der Waals surface area contributed by atoms with E-state index in [9.17, 15) is 9.59 Å². The third-order valence-electron chi connectivity index (χ3n) is 3.62. The van der Waals surface area contributed by atoms with Crippen LogP contribution < -0.4 is 10.1 Å². The average Bonchev–Trinajstić information content (AvgIpc) is 3.24. The lowest BCUT2D eigenvalue weighted by atomic mass is 10.2. The summed E-state index contributed by atoms with van der Waals surface area (Å²) in [4.78, 5) is 23.1. The summed E-state index contributed by atoms with van der Waals surface area (Å²) < 4.78 is 7.99. The van der Waals surface area contributed by atoms with Crippen LogP contribution in [0.3, 0.4) is 0 Å². The molecule has 134 valence electrons. The van der Waals surface area contributed by atoms with Gasteiger partial charge in [0.25, 0.3) is 0 Å². The Morgan fingerprint density at radius 3 is 2.88 bits per heavy atom. The Kier molecular flexibility index (Phi) is 4.97. The first-order valence-corrected chi connectivity index (χ1v) is 7.75. The number of carbonyl (C=O) groups is 2. The molecule has 9 heteroatoms. The number of benzene rings is 1. The van der Waals surface area contributed by atoms with Crippen molar-refractivity contribution in [3.8, 4) is 5.75 Å². The Morgan fingerprint density at radius 1 is 1.27 bits per heavy atom. The van der Waals surface area contributed by atoms with E-state index in [0.29, 0.717) is 12.2 Å². The fourth-order valence-electron chi connectivity index (χ4n) is 2.45. The molecule has 0 aliphatic rings. The number of rotatable bonds is 7. The number of methoxy groups -OCH3 is 1. The minimum atomic E-state index is -1.14. The van der Waals surface area contributed by atoms with Gasteiger partial charge in [-0.15, -0.1) is 0 Å². The van der Waals surface area contributed by atoms with Crippen LogP contribution in [0, 0.1) is 0 Å². The number of ether oxygens (including phenoxy) is 1. The highest BCUT2D eigenvalue weighted by molar-refractivity contribution is 5.91. The van der Waals surface area contributed by atoms with E-state index in [0.717, 1.165) is 16.0 Å². The smallest absolute Gasteiger partial charge is 0.354 e. The fourth-order valence-corrected chi connectivity index (χ4v) is 2.45. The summed E-state index contributed by atoms with van der Waals surface area (Å²) in [6, 6.07) is 8.95. The lowest BCUT2D eigenvalue weighted by Gasteiger charge is -2.05. The predicted octanol–water partition coefficient (Wildman–Crippen LogP) is 1.47. The van der Waals surface area contributed by atoms with Crippen molar-refractivity contribution in [2.45, 2.75) is 13.1 Å². The number of carboxylic acids is 1. The maximum Gasteiger partial charge on any atom is 0.354 e. The van der Waals surface area contributed by atoms with Gasteiger partial charge in [0.1, 0.15) is 18.0 Å². The Morgan fingerprint density at radius 2 is 2.12 bits per heavy atom. The fraction of sp³-hybridized carbons (Fsp3) is 0.176. The molecule has 2 aromatic heterocycles. The van der Waals surface area contributed by atoms with Crippen LogP contribution in [0.4, 0.5) is 5.69 Å². The van der Waals surface area contributed by atoms with Crippen molar-refractivity contribution in [1.82, 2.24) is 19.6 Å². The van der Waals surface area contributed by atoms with Gasteiger partial charge in [-0.1, -0.05) is 12.1 Å². The molecular weight excluding hydrogens is 338 g/mol. The van der Waals surface area contributed by atoms with Crippen LogP contribution in [-0.4, -0.2) is 43.7 Å². The zero-order valence-electron chi connectivity index (χ0n) is 14.0. The Bertz CT molecular complexity index is 931. The standard InChI is InChI=1S/C17H17N5O4/c1-26-14-4-2-3-12(7-14)9-21-10-13(8-19-21)20-16(23)11-22-15(17(24)25)5-6-18-22/h2-8,10H,9,11H2,1H3,(H,20,23)(H,24,25). The van der Waals surface area contributed by atoms with Gasteiger partial charge in [-0.05, 0) is 23.8 Å². The van der Waals surface area contributed by atoms with E-state index in [1.165, 1.54) is 18.5 Å². The molecule has 0 aliphatic heterocycles. The number of anilines is 1. The third kappa shape index (κ3) is 4.07. The van der Waals surface area contributed by atoms with Crippen molar-refractivity contribution in [3.63, 3.8) is 0 Å². The molecule has 26 heavy (non-hydrogen) atoms. The van der Waals surface area contributed by atoms with Crippen molar-refractivity contribution >= 4 is 17.6 Å². The molecule has 1 amide bonds. The zero-order chi connectivity index (χ0) is 18.5. The van der Waals surface area contributed by atoms with Crippen LogP contribution in [0.15, 0.2) is 48.9 Å². The van der Waals surface area contributed by atoms with Crippen LogP contribution in [0.2, 0.25) is 0 Å². The van der Waals surface area contributed by atoms with Crippen molar-refractivity contribution in [3.05, 3.63) is 60.2 Å². The van der Waals surface area contributed by atoms with Gasteiger partial charge in [-0.2, -0.15) is 10.2 Å². The first-order chi connectivity index (χ1) is 12.5. The maximum absolute atomic E-state index is 12.1. The summed E-state index contributed by atoms with van der Waals surface area (Å²) >= 11 is 0. The van der Waals surface area contributed by atoms with Gasteiger partial charge in [-0.3, -0.25) is 9.48 Å². The molecule has 0 bridgehead atoms. The molecule has 3 rings (SSSR count). The number of nitrogens with one attached hydrogen (secondary N) is 1. The molecule has 0 aliphatic carbocycles. The summed E-state index contributed by atoms with van der Waals surface area (Å²) in [5.41, 5.74) is 1.48. The first kappa shape index (κ1) is 17.2. The van der Waals surface area contributed by atoms with Crippen molar-refractivity contribution in [2.75, 3.05) is 12.4 Å². The zero-order valence-corrected chi connectivity index (χ0v) is 14.0. The Balaban J connectivity index is 1.61. The van der Waals surface area contributed by atoms with Gasteiger partial charge in [0, 0.05) is 12.4 Å². The third-order valence-corrected chi connectivity index (χ3v) is 3.62. The molecule has 0 saturated carbocycles. The average molecular weight is 355 g/mol. The van der Waals surface area contributed by atoms with Gasteiger partial charge >= 0.3 is 5.97 Å². The summed E-state index contributed by atoms with van der Waals surface area (Å²) in [6.07, 6.45) is 4.56. The van der Waals surface area contributed by atoms with Gasteiger partial charge in [0.15, 0.2) is 0 Å². The molecule has 0 saturated heterocycles. The topological polar surface area (TPSA) is 111 Å². The van der Waals surface area contributed by atoms with E-state index in [-0.39, 0.29) is 12.2 Å². The maximum atomic E-state index is 12.1. The normalized spacial score (nSPS) is 10.5. The van der Waals surface area contributed by atoms with Crippen LogP contribution >= 0.6 is 0 Å². The number of aromatic nitrogens is 4. The lowest BCUT2D eigenvalue weighted by Crippen LogP contribution is -2.22. The van der Waals surface area contributed by atoms with E-state index in [1.807, 2.05) is 24.3 Å². The number of amides is 1. The minimum absolute atomic E-state index is 0.0473. The number of carbonyl (C=O) groups excluding carboxylic acids is 1. The first-order valence-electron chi connectivity index (χ1n) is 7.75. The Labute approximate surface area is 148 Å². The van der Waals surface area contributed by atoms with Crippen molar-refractivity contribution < 1.29 is 19.4 Å². The highest BCUT2D eigenvalue weighted by Crippen LogP contribution is 2.14. The molecule has 2 N–H and O–H groups in total. The number of nitrogens with zero attached hydrogens (tertiary/aromatic N) is 4. The molecular formula is C17H17N5O4. The van der Waals surface area contributed by atoms with Crippen LogP contribution in [-0.2, 0) is 17.9 Å². The van der Waals surface area contributed by atoms with E-state index < -0.39 is 11.9 Å². The van der Waals surface area contributed by atoms with E-state index in [1.54, 1.807) is 18.0 Å². The monoisotopic (exact) mass is 355 g/mol. The second-order valence-corrected chi connectivity index (χ2v) is 5.51. The van der Waals surface area contributed by atoms with Gasteiger partial charge in [0.05, 0.1) is 25.5 Å². The van der Waals surface area contributed by atoms with Crippen molar-refractivity contribution in [2.24, 2.45) is 0 Å². The molecule has 0 radical (unpaired) electrons. The summed E-state index contributed by atoms with van der Waals surface area (Å²) in [6.45, 7) is 0.324. The highest BCUT2D eigenvalue weighted by atomic mass is 16.5. The van der Waals surface area contributed by atoms with E-state index in [4.69, 9.17) is 9.84 Å². The molecule has 3 aromatic rings. The largest absolute Gasteiger partial charge is 0.497 e. The molecule has 9 nitrogen and oxygen atoms in total. The summed E-state index contributed by atoms with van der Waals surface area (Å²) in [7, 11) is 1.61. The number of hydrogen-bond donors (Lipinski definition) is 2. The van der Waals surface area contributed by atoms with Crippen LogP contribution in [0.25, 0.3) is 0 Å². The second kappa shape index (κ2) is 7.51. The summed E-state index contributed by atoms with van der Waals surface area (Å²) in [5.74, 6) is -0.768. The van der Waals surface area contributed by atoms with E-state index >= 15 is 0 Å². The number of aromatic carboxylic acids is 1. The second-order valence-electron chi connectivity index (χ2n) is 5.51. The predicted molar refractivity (Wildman–Crippen MR) is 92.1 cm³/mol. The van der Waals surface area contributed by atoms with Crippen molar-refractivity contribution in [1.29, 1.82) is 0 Å². The van der Waals surface area contributed by atoms with Gasteiger partial charge in [-0.25, -0.2) is 9.48 Å². The summed E-state index contributed by atoms with van der Waals surface area (Å²) in [5, 5.41) is 19.7. The van der Waals surface area contributed by atoms with Crippen LogP contribution in [0.5, 0.6) is 5.75 Å².